The zero-order chi connectivity index (χ0) is 13.0. The molecule has 17 heavy (non-hydrogen) atoms. The highest BCUT2D eigenvalue weighted by Crippen LogP contribution is 2.21. The van der Waals surface area contributed by atoms with E-state index in [1.165, 1.54) is 11.3 Å². The van der Waals surface area contributed by atoms with Crippen molar-refractivity contribution in [2.24, 2.45) is 17.8 Å². The average molecular weight is 254 g/mol. The minimum absolute atomic E-state index is 0.0520. The van der Waals surface area contributed by atoms with Crippen molar-refractivity contribution in [1.82, 2.24) is 5.32 Å². The molecular weight excluding hydrogens is 232 g/mol. The predicted molar refractivity (Wildman–Crippen MR) is 74.2 cm³/mol. The number of amides is 1. The van der Waals surface area contributed by atoms with Crippen LogP contribution in [0.15, 0.2) is 11.4 Å². The minimum Gasteiger partial charge on any atom is -0.397 e. The molecule has 0 aromatic carbocycles. The summed E-state index contributed by atoms with van der Waals surface area (Å²) in [5.41, 5.74) is 6.28. The van der Waals surface area contributed by atoms with Crippen LogP contribution in [0.4, 0.5) is 5.69 Å². The van der Waals surface area contributed by atoms with Gasteiger partial charge < -0.3 is 11.1 Å². The van der Waals surface area contributed by atoms with E-state index < -0.39 is 0 Å². The molecule has 0 fully saturated rings. The highest BCUT2D eigenvalue weighted by atomic mass is 32.1. The molecule has 0 spiro atoms. The van der Waals surface area contributed by atoms with Crippen molar-refractivity contribution in [3.05, 3.63) is 16.3 Å². The van der Waals surface area contributed by atoms with Crippen LogP contribution in [0.1, 0.15) is 37.4 Å². The third-order valence-electron chi connectivity index (χ3n) is 3.11. The molecule has 0 aliphatic carbocycles. The fourth-order valence-corrected chi connectivity index (χ4v) is 2.77. The van der Waals surface area contributed by atoms with Crippen molar-refractivity contribution < 1.29 is 4.79 Å². The molecule has 0 atom stereocenters. The van der Waals surface area contributed by atoms with E-state index in [-0.39, 0.29) is 5.91 Å². The molecule has 1 rings (SSSR count). The summed E-state index contributed by atoms with van der Waals surface area (Å²) in [7, 11) is 0. The minimum atomic E-state index is -0.0520. The number of thiophene rings is 1. The third-order valence-corrected chi connectivity index (χ3v) is 4.04. The zero-order valence-electron chi connectivity index (χ0n) is 11.0. The summed E-state index contributed by atoms with van der Waals surface area (Å²) in [5, 5.41) is 4.82. The number of hydrogen-bond donors (Lipinski definition) is 2. The summed E-state index contributed by atoms with van der Waals surface area (Å²) < 4.78 is 0. The molecule has 4 heteroatoms. The predicted octanol–water partition coefficient (Wildman–Crippen LogP) is 2.99. The van der Waals surface area contributed by atoms with E-state index in [0.717, 1.165) is 0 Å². The molecule has 0 bridgehead atoms. The fourth-order valence-electron chi connectivity index (χ4n) is 2.04. The van der Waals surface area contributed by atoms with Gasteiger partial charge in [0.25, 0.3) is 5.91 Å². The monoisotopic (exact) mass is 254 g/mol. The molecule has 0 saturated carbocycles. The Kier molecular flexibility index (Phi) is 5.00. The second kappa shape index (κ2) is 6.05. The van der Waals surface area contributed by atoms with Crippen molar-refractivity contribution in [2.45, 2.75) is 27.7 Å². The van der Waals surface area contributed by atoms with Gasteiger partial charge in [0, 0.05) is 6.54 Å². The van der Waals surface area contributed by atoms with Crippen molar-refractivity contribution in [3.63, 3.8) is 0 Å². The summed E-state index contributed by atoms with van der Waals surface area (Å²) >= 11 is 1.39. The van der Waals surface area contributed by atoms with Crippen LogP contribution in [0.25, 0.3) is 0 Å². The molecule has 0 radical (unpaired) electrons. The molecule has 1 aromatic heterocycles. The molecule has 3 N–H and O–H groups in total. The Morgan fingerprint density at radius 3 is 2.35 bits per heavy atom. The SMILES string of the molecule is CC(C)C(CNC(=O)c1sccc1N)C(C)C. The van der Waals surface area contributed by atoms with Gasteiger partial charge in [-0.1, -0.05) is 27.7 Å². The first-order valence-electron chi connectivity index (χ1n) is 6.04. The van der Waals surface area contributed by atoms with E-state index in [9.17, 15) is 4.79 Å². The molecule has 3 nitrogen and oxygen atoms in total. The third kappa shape index (κ3) is 3.73. The van der Waals surface area contributed by atoms with Gasteiger partial charge >= 0.3 is 0 Å². The number of nitrogens with one attached hydrogen (secondary N) is 1. The first-order valence-corrected chi connectivity index (χ1v) is 6.92. The summed E-state index contributed by atoms with van der Waals surface area (Å²) in [4.78, 5) is 12.5. The largest absolute Gasteiger partial charge is 0.397 e. The Morgan fingerprint density at radius 2 is 1.94 bits per heavy atom. The van der Waals surface area contributed by atoms with E-state index in [0.29, 0.717) is 34.9 Å². The van der Waals surface area contributed by atoms with Gasteiger partial charge in [0.1, 0.15) is 4.88 Å². The Labute approximate surface area is 107 Å². The van der Waals surface area contributed by atoms with Crippen LogP contribution < -0.4 is 11.1 Å². The van der Waals surface area contributed by atoms with Gasteiger partial charge in [-0.05, 0) is 29.2 Å². The van der Waals surface area contributed by atoms with Gasteiger partial charge in [-0.3, -0.25) is 4.79 Å². The van der Waals surface area contributed by atoms with Crippen LogP contribution >= 0.6 is 11.3 Å². The van der Waals surface area contributed by atoms with Crippen molar-refractivity contribution in [1.29, 1.82) is 0 Å². The molecular formula is C13H22N2OS. The van der Waals surface area contributed by atoms with Crippen LogP contribution in [0.5, 0.6) is 0 Å². The van der Waals surface area contributed by atoms with Gasteiger partial charge in [-0.2, -0.15) is 0 Å². The Hall–Kier alpha value is -1.03. The molecule has 96 valence electrons. The molecule has 0 aliphatic heterocycles. The summed E-state index contributed by atoms with van der Waals surface area (Å²) in [5.74, 6) is 1.58. The van der Waals surface area contributed by atoms with Gasteiger partial charge in [-0.25, -0.2) is 0 Å². The highest BCUT2D eigenvalue weighted by molar-refractivity contribution is 7.12. The van der Waals surface area contributed by atoms with Gasteiger partial charge in [-0.15, -0.1) is 11.3 Å². The number of rotatable bonds is 5. The second-order valence-electron chi connectivity index (χ2n) is 5.07. The number of nitrogen functional groups attached to an aromatic ring is 1. The lowest BCUT2D eigenvalue weighted by Gasteiger charge is -2.24. The van der Waals surface area contributed by atoms with Crippen molar-refractivity contribution >= 4 is 22.9 Å². The van der Waals surface area contributed by atoms with E-state index in [2.05, 4.69) is 33.0 Å². The van der Waals surface area contributed by atoms with Gasteiger partial charge in [0.05, 0.1) is 5.69 Å². The lowest BCUT2D eigenvalue weighted by molar-refractivity contribution is 0.0942. The average Bonchev–Trinajstić information content (AvgIpc) is 2.63. The molecule has 0 unspecified atom stereocenters. The summed E-state index contributed by atoms with van der Waals surface area (Å²) in [6.45, 7) is 9.48. The molecule has 0 aliphatic rings. The van der Waals surface area contributed by atoms with Crippen LogP contribution in [0.2, 0.25) is 0 Å². The topological polar surface area (TPSA) is 55.1 Å². The maximum Gasteiger partial charge on any atom is 0.263 e. The first-order chi connectivity index (χ1) is 7.93. The van der Waals surface area contributed by atoms with Crippen molar-refractivity contribution in [3.8, 4) is 0 Å². The van der Waals surface area contributed by atoms with Crippen LogP contribution in [-0.2, 0) is 0 Å². The van der Waals surface area contributed by atoms with E-state index in [4.69, 9.17) is 5.73 Å². The Balaban J connectivity index is 2.56. The van der Waals surface area contributed by atoms with Crippen LogP contribution in [0, 0.1) is 17.8 Å². The Bertz CT molecular complexity index is 363. The number of anilines is 1. The quantitative estimate of drug-likeness (QED) is 0.848. The molecule has 1 amide bonds. The van der Waals surface area contributed by atoms with Crippen molar-refractivity contribution in [2.75, 3.05) is 12.3 Å². The smallest absolute Gasteiger partial charge is 0.263 e. The lowest BCUT2D eigenvalue weighted by atomic mass is 9.85. The van der Waals surface area contributed by atoms with Crippen LogP contribution in [-0.4, -0.2) is 12.5 Å². The van der Waals surface area contributed by atoms with E-state index >= 15 is 0 Å². The summed E-state index contributed by atoms with van der Waals surface area (Å²) in [6.07, 6.45) is 0. The van der Waals surface area contributed by atoms with Gasteiger partial charge in [0.15, 0.2) is 0 Å². The number of carbonyl (C=O) groups is 1. The maximum atomic E-state index is 11.9. The zero-order valence-corrected chi connectivity index (χ0v) is 11.8. The Morgan fingerprint density at radius 1 is 1.35 bits per heavy atom. The first kappa shape index (κ1) is 14.0. The number of hydrogen-bond acceptors (Lipinski definition) is 3. The lowest BCUT2D eigenvalue weighted by Crippen LogP contribution is -2.33. The molecule has 1 heterocycles. The molecule has 1 aromatic rings. The number of nitrogens with two attached hydrogens (primary N) is 1. The molecule has 0 saturated heterocycles. The normalized spacial score (nSPS) is 11.5. The van der Waals surface area contributed by atoms with E-state index in [1.54, 1.807) is 6.07 Å². The fraction of sp³-hybridized carbons (Fsp3) is 0.615. The summed E-state index contributed by atoms with van der Waals surface area (Å²) in [6, 6.07) is 1.77. The second-order valence-corrected chi connectivity index (χ2v) is 5.98. The highest BCUT2D eigenvalue weighted by Gasteiger charge is 2.19. The standard InChI is InChI=1S/C13H22N2OS/c1-8(2)10(9(3)4)7-15-13(16)12-11(14)5-6-17-12/h5-6,8-10H,7,14H2,1-4H3,(H,15,16). The maximum absolute atomic E-state index is 11.9. The van der Waals surface area contributed by atoms with Gasteiger partial charge in [0.2, 0.25) is 0 Å². The van der Waals surface area contributed by atoms with Crippen LogP contribution in [0.3, 0.4) is 0 Å². The number of carbonyl (C=O) groups excluding carboxylic acids is 1. The van der Waals surface area contributed by atoms with E-state index in [1.807, 2.05) is 5.38 Å².